The van der Waals surface area contributed by atoms with E-state index in [0.717, 1.165) is 30.4 Å². The number of aryl methyl sites for hydroxylation is 4. The van der Waals surface area contributed by atoms with Gasteiger partial charge in [-0.2, -0.15) is 0 Å². The molecular formula is C18H16N2O2Se2. The predicted molar refractivity (Wildman–Crippen MR) is 99.8 cm³/mol. The third-order valence-corrected chi connectivity index (χ3v) is 8.81. The number of benzene rings is 2. The van der Waals surface area contributed by atoms with Gasteiger partial charge in [0.15, 0.2) is 0 Å². The molecule has 122 valence electrons. The van der Waals surface area contributed by atoms with Gasteiger partial charge in [-0.15, -0.1) is 0 Å². The summed E-state index contributed by atoms with van der Waals surface area (Å²) in [6.45, 7) is 5.25. The van der Waals surface area contributed by atoms with E-state index in [0.29, 0.717) is 13.1 Å². The van der Waals surface area contributed by atoms with Gasteiger partial charge in [-0.3, -0.25) is 0 Å². The third kappa shape index (κ3) is 2.70. The van der Waals surface area contributed by atoms with E-state index in [4.69, 9.17) is 0 Å². The Labute approximate surface area is 150 Å². The molecule has 0 unspecified atom stereocenters. The van der Waals surface area contributed by atoms with Crippen LogP contribution in [0.1, 0.15) is 11.1 Å². The van der Waals surface area contributed by atoms with Crippen molar-refractivity contribution >= 4 is 48.8 Å². The zero-order valence-corrected chi connectivity index (χ0v) is 16.8. The number of fused-ring (bicyclic) bond motifs is 2. The average Bonchev–Trinajstić information content (AvgIpc) is 3.04. The van der Waals surface area contributed by atoms with E-state index in [-0.39, 0.29) is 40.6 Å². The summed E-state index contributed by atoms with van der Waals surface area (Å²) in [7, 11) is 0. The molecule has 4 aromatic rings. The molecule has 0 aliphatic heterocycles. The van der Waals surface area contributed by atoms with Gasteiger partial charge in [-0.1, -0.05) is 0 Å². The molecule has 0 fully saturated rings. The maximum absolute atomic E-state index is 12.5. The molecule has 0 radical (unpaired) electrons. The quantitative estimate of drug-likeness (QED) is 0.447. The monoisotopic (exact) mass is 452 g/mol. The van der Waals surface area contributed by atoms with Crippen LogP contribution in [-0.4, -0.2) is 36.6 Å². The van der Waals surface area contributed by atoms with Crippen LogP contribution in [0.5, 0.6) is 0 Å². The van der Waals surface area contributed by atoms with E-state index < -0.39 is 0 Å². The number of hydrogen-bond donors (Lipinski definition) is 0. The second-order valence-corrected chi connectivity index (χ2v) is 10.5. The number of hydrogen-bond acceptors (Lipinski definition) is 2. The summed E-state index contributed by atoms with van der Waals surface area (Å²) in [5.41, 5.74) is 2.45. The van der Waals surface area contributed by atoms with Crippen LogP contribution >= 0.6 is 0 Å². The first-order valence-electron chi connectivity index (χ1n) is 7.74. The van der Waals surface area contributed by atoms with Crippen molar-refractivity contribution in [2.75, 3.05) is 0 Å². The topological polar surface area (TPSA) is 44.0 Å². The molecule has 0 N–H and O–H groups in total. The predicted octanol–water partition coefficient (Wildman–Crippen LogP) is 1.75. The van der Waals surface area contributed by atoms with E-state index in [1.807, 2.05) is 33.1 Å². The Morgan fingerprint density at radius 3 is 1.58 bits per heavy atom. The molecule has 0 bridgehead atoms. The van der Waals surface area contributed by atoms with Crippen LogP contribution in [0.3, 0.4) is 0 Å². The molecule has 2 heterocycles. The zero-order chi connectivity index (χ0) is 16.8. The van der Waals surface area contributed by atoms with Crippen LogP contribution in [0, 0.1) is 13.8 Å². The van der Waals surface area contributed by atoms with Gasteiger partial charge in [0.2, 0.25) is 0 Å². The molecule has 0 atom stereocenters. The Kier molecular flexibility index (Phi) is 4.01. The van der Waals surface area contributed by atoms with E-state index in [1.165, 1.54) is 0 Å². The fraction of sp³-hybridized carbons (Fsp3) is 0.222. The van der Waals surface area contributed by atoms with Crippen LogP contribution in [0.4, 0.5) is 0 Å². The molecule has 0 saturated heterocycles. The Hall–Kier alpha value is -1.58. The van der Waals surface area contributed by atoms with Crippen molar-refractivity contribution in [1.29, 1.82) is 0 Å². The standard InChI is InChI=1S/C18H16N2O2Se2/c1-11-3-5-15-13(9-11)17(21)19(23-15)7-8-20-18(22)14-10-12(2)4-6-16(14)24-20/h3-6,9-10H,7-8H2,1-2H3. The molecule has 6 heteroatoms. The molecule has 2 aromatic carbocycles. The molecule has 24 heavy (non-hydrogen) atoms. The van der Waals surface area contributed by atoms with Crippen molar-refractivity contribution < 1.29 is 0 Å². The summed E-state index contributed by atoms with van der Waals surface area (Å²) in [6, 6.07) is 12.2. The van der Waals surface area contributed by atoms with E-state index in [1.54, 1.807) is 0 Å². The van der Waals surface area contributed by atoms with Gasteiger partial charge in [0, 0.05) is 0 Å². The average molecular weight is 450 g/mol. The zero-order valence-electron chi connectivity index (χ0n) is 13.4. The molecule has 0 spiro atoms. The first-order valence-corrected chi connectivity index (χ1v) is 11.0. The SMILES string of the molecule is Cc1ccc2[se]n(CCn3[se]c4ccc(C)cc4c3=O)c(=O)c2c1. The van der Waals surface area contributed by atoms with E-state index in [2.05, 4.69) is 24.3 Å². The van der Waals surface area contributed by atoms with Crippen molar-refractivity contribution in [3.63, 3.8) is 0 Å². The minimum absolute atomic E-state index is 0.0271. The Morgan fingerprint density at radius 2 is 1.17 bits per heavy atom. The van der Waals surface area contributed by atoms with Gasteiger partial charge in [-0.05, 0) is 0 Å². The summed E-state index contributed by atoms with van der Waals surface area (Å²) in [4.78, 5) is 25.1. The van der Waals surface area contributed by atoms with Crippen molar-refractivity contribution in [3.05, 3.63) is 68.2 Å². The molecular weight excluding hydrogens is 434 g/mol. The molecule has 0 saturated carbocycles. The number of nitrogens with zero attached hydrogens (tertiary/aromatic N) is 2. The molecule has 0 aliphatic rings. The summed E-state index contributed by atoms with van der Waals surface area (Å²) in [5.74, 6) is 0. The fourth-order valence-corrected chi connectivity index (χ4v) is 6.90. The Bertz CT molecular complexity index is 1080. The minimum atomic E-state index is 0.0271. The van der Waals surface area contributed by atoms with Gasteiger partial charge in [-0.25, -0.2) is 0 Å². The van der Waals surface area contributed by atoms with Crippen molar-refractivity contribution in [3.8, 4) is 0 Å². The summed E-state index contributed by atoms with van der Waals surface area (Å²) < 4.78 is 6.12. The van der Waals surface area contributed by atoms with Gasteiger partial charge in [0.25, 0.3) is 0 Å². The van der Waals surface area contributed by atoms with Crippen molar-refractivity contribution in [1.82, 2.24) is 7.12 Å². The van der Waals surface area contributed by atoms with Crippen molar-refractivity contribution in [2.24, 2.45) is 0 Å². The second-order valence-electron chi connectivity index (χ2n) is 6.00. The molecule has 4 nitrogen and oxygen atoms in total. The normalized spacial score (nSPS) is 11.6. The Balaban J connectivity index is 1.68. The molecule has 0 aliphatic carbocycles. The number of aromatic nitrogens is 2. The first kappa shape index (κ1) is 15.9. The van der Waals surface area contributed by atoms with Crippen LogP contribution in [0.2, 0.25) is 0 Å². The van der Waals surface area contributed by atoms with E-state index in [9.17, 15) is 9.59 Å². The van der Waals surface area contributed by atoms with Crippen LogP contribution in [0.15, 0.2) is 46.0 Å². The van der Waals surface area contributed by atoms with Gasteiger partial charge in [0.1, 0.15) is 0 Å². The summed E-state index contributed by atoms with van der Waals surface area (Å²) in [6.07, 6.45) is 0. The third-order valence-electron chi connectivity index (χ3n) is 4.11. The molecule has 0 amide bonds. The maximum atomic E-state index is 12.5. The summed E-state index contributed by atoms with van der Waals surface area (Å²) >= 11 is 0.0542. The fourth-order valence-electron chi connectivity index (χ4n) is 2.85. The molecule has 4 rings (SSSR count). The first-order chi connectivity index (χ1) is 11.5. The van der Waals surface area contributed by atoms with Crippen LogP contribution in [0.25, 0.3) is 19.3 Å². The van der Waals surface area contributed by atoms with E-state index >= 15 is 0 Å². The van der Waals surface area contributed by atoms with Gasteiger partial charge in [0.05, 0.1) is 0 Å². The second kappa shape index (κ2) is 6.05. The number of rotatable bonds is 3. The molecule has 2 aromatic heterocycles. The van der Waals surface area contributed by atoms with Gasteiger partial charge < -0.3 is 0 Å². The van der Waals surface area contributed by atoms with Gasteiger partial charge >= 0.3 is 151 Å². The summed E-state index contributed by atoms with van der Waals surface area (Å²) in [5, 5.41) is 1.68. The Morgan fingerprint density at radius 1 is 0.750 bits per heavy atom. The van der Waals surface area contributed by atoms with Crippen LogP contribution in [-0.2, 0) is 13.1 Å². The van der Waals surface area contributed by atoms with Crippen molar-refractivity contribution in [2.45, 2.75) is 26.9 Å². The van der Waals surface area contributed by atoms with Crippen LogP contribution < -0.4 is 11.1 Å².